The van der Waals surface area contributed by atoms with Gasteiger partial charge in [-0.2, -0.15) is 0 Å². The second-order valence-corrected chi connectivity index (χ2v) is 9.47. The van der Waals surface area contributed by atoms with Crippen LogP contribution in [-0.4, -0.2) is 15.0 Å². The Morgan fingerprint density at radius 3 is 1.82 bits per heavy atom. The van der Waals surface area contributed by atoms with Crippen LogP contribution < -0.4 is 0 Å². The predicted octanol–water partition coefficient (Wildman–Crippen LogP) is 7.49. The Hall–Kier alpha value is -4.11. The molecule has 0 saturated heterocycles. The maximum absolute atomic E-state index is 4.94. The molecule has 0 unspecified atom stereocenters. The average molecular weight is 440 g/mol. The van der Waals surface area contributed by atoms with Crippen LogP contribution in [0, 0.1) is 6.92 Å². The van der Waals surface area contributed by atoms with Crippen molar-refractivity contribution in [1.82, 2.24) is 15.0 Å². The van der Waals surface area contributed by atoms with E-state index in [1.54, 1.807) is 0 Å². The monoisotopic (exact) mass is 439 g/mol. The Morgan fingerprint density at radius 1 is 0.500 bits per heavy atom. The topological polar surface area (TPSA) is 38.7 Å². The fraction of sp³-hybridized carbons (Fsp3) is 0.129. The maximum atomic E-state index is 4.94. The summed E-state index contributed by atoms with van der Waals surface area (Å²) < 4.78 is 0. The predicted molar refractivity (Wildman–Crippen MR) is 138 cm³/mol. The van der Waals surface area contributed by atoms with Crippen molar-refractivity contribution in [3.05, 3.63) is 114 Å². The minimum atomic E-state index is -0.0728. The van der Waals surface area contributed by atoms with E-state index < -0.39 is 0 Å². The molecular formula is C31H25N3. The van der Waals surface area contributed by atoms with E-state index in [0.717, 1.165) is 16.7 Å². The van der Waals surface area contributed by atoms with Crippen LogP contribution in [0.15, 0.2) is 97.1 Å². The molecule has 0 atom stereocenters. The van der Waals surface area contributed by atoms with Crippen LogP contribution in [-0.2, 0) is 5.41 Å². The molecule has 1 aromatic heterocycles. The number of rotatable bonds is 3. The number of fused-ring (bicyclic) bond motifs is 3. The molecule has 0 radical (unpaired) electrons. The fourth-order valence-corrected chi connectivity index (χ4v) is 4.98. The van der Waals surface area contributed by atoms with E-state index in [1.807, 2.05) is 36.4 Å². The lowest BCUT2D eigenvalue weighted by atomic mass is 9.82. The Bertz CT molecular complexity index is 1530. The fourth-order valence-electron chi connectivity index (χ4n) is 4.98. The van der Waals surface area contributed by atoms with Crippen molar-refractivity contribution < 1.29 is 0 Å². The summed E-state index contributed by atoms with van der Waals surface area (Å²) >= 11 is 0. The summed E-state index contributed by atoms with van der Waals surface area (Å²) in [6, 6.07) is 33.8. The van der Waals surface area contributed by atoms with Crippen LogP contribution >= 0.6 is 0 Å². The highest BCUT2D eigenvalue weighted by molar-refractivity contribution is 5.83. The highest BCUT2D eigenvalue weighted by Crippen LogP contribution is 2.49. The van der Waals surface area contributed by atoms with Gasteiger partial charge in [0, 0.05) is 22.1 Å². The number of benzene rings is 4. The second kappa shape index (κ2) is 7.74. The molecule has 0 N–H and O–H groups in total. The summed E-state index contributed by atoms with van der Waals surface area (Å²) in [5.74, 6) is 2.07. The molecule has 3 heteroatoms. The van der Waals surface area contributed by atoms with Gasteiger partial charge in [0.15, 0.2) is 17.5 Å². The minimum Gasteiger partial charge on any atom is -0.208 e. The van der Waals surface area contributed by atoms with Crippen molar-refractivity contribution in [2.24, 2.45) is 0 Å². The number of aryl methyl sites for hydroxylation is 1. The van der Waals surface area contributed by atoms with E-state index in [-0.39, 0.29) is 5.41 Å². The molecule has 0 bridgehead atoms. The molecule has 0 spiro atoms. The third-order valence-corrected chi connectivity index (χ3v) is 6.79. The summed E-state index contributed by atoms with van der Waals surface area (Å²) in [4.78, 5) is 14.7. The molecular weight excluding hydrogens is 414 g/mol. The standard InChI is InChI=1S/C31H25N3/c1-20-10-9-13-22(18-20)29-32-28(21-11-5-4-6-12-21)33-30(34-29)23-16-17-25-24-14-7-8-15-26(24)31(2,3)27(25)19-23/h4-19H,1-3H3. The van der Waals surface area contributed by atoms with Gasteiger partial charge in [0.05, 0.1) is 0 Å². The van der Waals surface area contributed by atoms with Crippen molar-refractivity contribution in [3.8, 4) is 45.3 Å². The molecule has 34 heavy (non-hydrogen) atoms. The van der Waals surface area contributed by atoms with Gasteiger partial charge in [0.1, 0.15) is 0 Å². The average Bonchev–Trinajstić information content (AvgIpc) is 3.11. The molecule has 5 aromatic rings. The zero-order valence-electron chi connectivity index (χ0n) is 19.6. The largest absolute Gasteiger partial charge is 0.208 e. The van der Waals surface area contributed by atoms with E-state index in [0.29, 0.717) is 17.5 Å². The molecule has 1 aliphatic rings. The molecule has 0 aliphatic heterocycles. The van der Waals surface area contributed by atoms with E-state index >= 15 is 0 Å². The quantitative estimate of drug-likeness (QED) is 0.292. The van der Waals surface area contributed by atoms with E-state index in [9.17, 15) is 0 Å². The summed E-state index contributed by atoms with van der Waals surface area (Å²) in [7, 11) is 0. The first-order valence-corrected chi connectivity index (χ1v) is 11.6. The van der Waals surface area contributed by atoms with Crippen LogP contribution in [0.25, 0.3) is 45.3 Å². The first kappa shape index (κ1) is 20.5. The van der Waals surface area contributed by atoms with Gasteiger partial charge in [-0.05, 0) is 41.3 Å². The summed E-state index contributed by atoms with van der Waals surface area (Å²) in [6.45, 7) is 6.68. The number of hydrogen-bond donors (Lipinski definition) is 0. The van der Waals surface area contributed by atoms with Crippen LogP contribution in [0.4, 0.5) is 0 Å². The van der Waals surface area contributed by atoms with Crippen LogP contribution in [0.3, 0.4) is 0 Å². The van der Waals surface area contributed by atoms with Gasteiger partial charge < -0.3 is 0 Å². The van der Waals surface area contributed by atoms with Gasteiger partial charge in [-0.1, -0.05) is 104 Å². The lowest BCUT2D eigenvalue weighted by molar-refractivity contribution is 0.660. The molecule has 1 aliphatic carbocycles. The number of hydrogen-bond acceptors (Lipinski definition) is 3. The number of nitrogens with zero attached hydrogens (tertiary/aromatic N) is 3. The SMILES string of the molecule is Cc1cccc(-c2nc(-c3ccccc3)nc(-c3ccc4c(c3)C(C)(C)c3ccccc3-4)n2)c1. The highest BCUT2D eigenvalue weighted by atomic mass is 15.0. The molecule has 0 amide bonds. The van der Waals surface area contributed by atoms with E-state index in [1.165, 1.54) is 27.8 Å². The van der Waals surface area contributed by atoms with E-state index in [4.69, 9.17) is 15.0 Å². The zero-order chi connectivity index (χ0) is 23.3. The van der Waals surface area contributed by atoms with Gasteiger partial charge in [-0.15, -0.1) is 0 Å². The lowest BCUT2D eigenvalue weighted by Gasteiger charge is -2.21. The van der Waals surface area contributed by atoms with Gasteiger partial charge in [0.25, 0.3) is 0 Å². The van der Waals surface area contributed by atoms with Crippen LogP contribution in [0.2, 0.25) is 0 Å². The Kier molecular flexibility index (Phi) is 4.66. The van der Waals surface area contributed by atoms with Crippen molar-refractivity contribution in [1.29, 1.82) is 0 Å². The van der Waals surface area contributed by atoms with Gasteiger partial charge in [0.2, 0.25) is 0 Å². The van der Waals surface area contributed by atoms with Crippen molar-refractivity contribution in [3.63, 3.8) is 0 Å². The Morgan fingerprint density at radius 2 is 1.09 bits per heavy atom. The summed E-state index contributed by atoms with van der Waals surface area (Å²) in [5, 5.41) is 0. The summed E-state index contributed by atoms with van der Waals surface area (Å²) in [5.41, 5.74) is 9.37. The molecule has 6 rings (SSSR count). The van der Waals surface area contributed by atoms with Gasteiger partial charge in [-0.25, -0.2) is 15.0 Å². The maximum Gasteiger partial charge on any atom is 0.164 e. The smallest absolute Gasteiger partial charge is 0.164 e. The lowest BCUT2D eigenvalue weighted by Crippen LogP contribution is -2.15. The normalized spacial score (nSPS) is 13.4. The zero-order valence-corrected chi connectivity index (χ0v) is 19.6. The second-order valence-electron chi connectivity index (χ2n) is 9.47. The molecule has 164 valence electrons. The number of aromatic nitrogens is 3. The third-order valence-electron chi connectivity index (χ3n) is 6.79. The van der Waals surface area contributed by atoms with Crippen molar-refractivity contribution in [2.75, 3.05) is 0 Å². The minimum absolute atomic E-state index is 0.0728. The first-order valence-electron chi connectivity index (χ1n) is 11.6. The van der Waals surface area contributed by atoms with Gasteiger partial charge in [-0.3, -0.25) is 0 Å². The Balaban J connectivity index is 1.54. The molecule has 4 aromatic carbocycles. The summed E-state index contributed by atoms with van der Waals surface area (Å²) in [6.07, 6.45) is 0. The molecule has 0 fully saturated rings. The first-order chi connectivity index (χ1) is 16.5. The molecule has 1 heterocycles. The van der Waals surface area contributed by atoms with Crippen LogP contribution in [0.5, 0.6) is 0 Å². The third kappa shape index (κ3) is 3.32. The molecule has 3 nitrogen and oxygen atoms in total. The Labute approximate surface area is 200 Å². The van der Waals surface area contributed by atoms with Crippen LogP contribution in [0.1, 0.15) is 30.5 Å². The van der Waals surface area contributed by atoms with Gasteiger partial charge >= 0.3 is 0 Å². The van der Waals surface area contributed by atoms with Crippen molar-refractivity contribution >= 4 is 0 Å². The molecule has 0 saturated carbocycles. The van der Waals surface area contributed by atoms with Crippen molar-refractivity contribution in [2.45, 2.75) is 26.2 Å². The van der Waals surface area contributed by atoms with E-state index in [2.05, 4.69) is 81.4 Å². The highest BCUT2D eigenvalue weighted by Gasteiger charge is 2.35.